The molecule has 0 spiro atoms. The lowest BCUT2D eigenvalue weighted by Gasteiger charge is -2.43. The molecule has 3 unspecified atom stereocenters. The molecule has 5 heteroatoms. The van der Waals surface area contributed by atoms with Crippen molar-refractivity contribution in [1.82, 2.24) is 9.80 Å². The Morgan fingerprint density at radius 3 is 2.71 bits per heavy atom. The van der Waals surface area contributed by atoms with Gasteiger partial charge in [0.2, 0.25) is 5.91 Å². The summed E-state index contributed by atoms with van der Waals surface area (Å²) in [4.78, 5) is 17.7. The second-order valence-corrected chi connectivity index (χ2v) is 9.37. The highest BCUT2D eigenvalue weighted by atomic mass is 32.1. The molecule has 152 valence electrons. The molecule has 2 aliphatic rings. The first kappa shape index (κ1) is 19.9. The highest BCUT2D eigenvalue weighted by Gasteiger charge is 2.34. The molecule has 2 fully saturated rings. The minimum absolute atomic E-state index is 0.237. The summed E-state index contributed by atoms with van der Waals surface area (Å²) in [5.41, 5.74) is 1.15. The molecular formula is C23H32N2O2S. The Balaban J connectivity index is 1.44. The van der Waals surface area contributed by atoms with Crippen LogP contribution in [0.1, 0.15) is 44.1 Å². The molecule has 28 heavy (non-hydrogen) atoms. The van der Waals surface area contributed by atoms with Crippen molar-refractivity contribution >= 4 is 27.3 Å². The normalized spacial score (nSPS) is 25.5. The van der Waals surface area contributed by atoms with Crippen molar-refractivity contribution in [3.8, 4) is 0 Å². The zero-order valence-corrected chi connectivity index (χ0v) is 17.9. The van der Waals surface area contributed by atoms with Gasteiger partial charge in [0.05, 0.1) is 12.5 Å². The van der Waals surface area contributed by atoms with E-state index < -0.39 is 0 Å². The molecule has 1 aromatic heterocycles. The molecule has 1 aliphatic heterocycles. The van der Waals surface area contributed by atoms with Crippen molar-refractivity contribution in [3.05, 3.63) is 35.2 Å². The van der Waals surface area contributed by atoms with Gasteiger partial charge in [-0.15, -0.1) is 11.3 Å². The van der Waals surface area contributed by atoms with E-state index >= 15 is 0 Å². The average molecular weight is 401 g/mol. The molecule has 4 rings (SSSR count). The third-order valence-corrected chi connectivity index (χ3v) is 7.48. The van der Waals surface area contributed by atoms with E-state index in [9.17, 15) is 4.79 Å². The molecule has 2 aromatic rings. The monoisotopic (exact) mass is 400 g/mol. The van der Waals surface area contributed by atoms with Gasteiger partial charge in [0.1, 0.15) is 0 Å². The maximum absolute atomic E-state index is 13.2. The summed E-state index contributed by atoms with van der Waals surface area (Å²) in [5, 5.41) is 3.34. The first-order valence-electron chi connectivity index (χ1n) is 10.7. The fourth-order valence-electron chi connectivity index (χ4n) is 4.99. The van der Waals surface area contributed by atoms with Crippen LogP contribution in [0.2, 0.25) is 0 Å². The number of rotatable bonds is 6. The minimum Gasteiger partial charge on any atom is -0.377 e. The number of likely N-dealkylation sites (N-methyl/N-ethyl adjacent to an activating group) is 2. The molecule has 1 aromatic carbocycles. The fourth-order valence-corrected chi connectivity index (χ4v) is 5.82. The maximum Gasteiger partial charge on any atom is 0.227 e. The maximum atomic E-state index is 13.2. The van der Waals surface area contributed by atoms with Gasteiger partial charge < -0.3 is 9.64 Å². The van der Waals surface area contributed by atoms with Crippen LogP contribution < -0.4 is 0 Å². The Morgan fingerprint density at radius 1 is 1.11 bits per heavy atom. The van der Waals surface area contributed by atoms with E-state index in [1.807, 2.05) is 11.9 Å². The summed E-state index contributed by atoms with van der Waals surface area (Å²) in [5.74, 6) is 0.237. The van der Waals surface area contributed by atoms with Crippen molar-refractivity contribution in [1.29, 1.82) is 0 Å². The highest BCUT2D eigenvalue weighted by Crippen LogP contribution is 2.29. The number of amides is 1. The summed E-state index contributed by atoms with van der Waals surface area (Å²) in [6, 6.07) is 9.18. The number of nitrogens with zero attached hydrogens (tertiary/aromatic N) is 2. The van der Waals surface area contributed by atoms with E-state index in [2.05, 4.69) is 41.6 Å². The van der Waals surface area contributed by atoms with Gasteiger partial charge in [-0.2, -0.15) is 0 Å². The first-order chi connectivity index (χ1) is 13.6. The summed E-state index contributed by atoms with van der Waals surface area (Å²) in [7, 11) is 4.23. The third-order valence-electron chi connectivity index (χ3n) is 6.59. The average Bonchev–Trinajstić information content (AvgIpc) is 3.39. The van der Waals surface area contributed by atoms with Crippen LogP contribution in [0.25, 0.3) is 10.1 Å². The largest absolute Gasteiger partial charge is 0.377 e. The van der Waals surface area contributed by atoms with Crippen molar-refractivity contribution in [2.24, 2.45) is 0 Å². The Morgan fingerprint density at radius 2 is 1.93 bits per heavy atom. The summed E-state index contributed by atoms with van der Waals surface area (Å²) in [6.07, 6.45) is 7.95. The molecule has 1 saturated heterocycles. The van der Waals surface area contributed by atoms with E-state index in [1.54, 1.807) is 11.3 Å². The molecule has 0 N–H and O–H groups in total. The molecule has 1 aliphatic carbocycles. The predicted molar refractivity (Wildman–Crippen MR) is 116 cm³/mol. The van der Waals surface area contributed by atoms with Crippen LogP contribution >= 0.6 is 11.3 Å². The SMILES string of the molecule is CN(CC1CCCO1)C1CCCCC1N(C)C(=O)Cc1cccc2sccc12. The van der Waals surface area contributed by atoms with Crippen molar-refractivity contribution in [3.63, 3.8) is 0 Å². The molecule has 0 radical (unpaired) electrons. The molecule has 3 atom stereocenters. The van der Waals surface area contributed by atoms with E-state index in [4.69, 9.17) is 4.74 Å². The van der Waals surface area contributed by atoms with Crippen LogP contribution in [0.15, 0.2) is 29.6 Å². The molecular weight excluding hydrogens is 368 g/mol. The number of hydrogen-bond donors (Lipinski definition) is 0. The van der Waals surface area contributed by atoms with Crippen molar-refractivity contribution in [2.75, 3.05) is 27.2 Å². The fraction of sp³-hybridized carbons (Fsp3) is 0.609. The molecule has 2 heterocycles. The lowest BCUT2D eigenvalue weighted by Crippen LogP contribution is -2.54. The summed E-state index contributed by atoms with van der Waals surface area (Å²) < 4.78 is 7.11. The third kappa shape index (κ3) is 4.27. The zero-order valence-electron chi connectivity index (χ0n) is 17.1. The van der Waals surface area contributed by atoms with Crippen LogP contribution in [-0.2, 0) is 16.0 Å². The van der Waals surface area contributed by atoms with Gasteiger partial charge in [-0.25, -0.2) is 0 Å². The molecule has 4 nitrogen and oxygen atoms in total. The topological polar surface area (TPSA) is 32.8 Å². The Bertz CT molecular complexity index is 799. The van der Waals surface area contributed by atoms with Crippen LogP contribution in [0.3, 0.4) is 0 Å². The van der Waals surface area contributed by atoms with Gasteiger partial charge in [0.25, 0.3) is 0 Å². The van der Waals surface area contributed by atoms with E-state index in [-0.39, 0.29) is 5.91 Å². The van der Waals surface area contributed by atoms with Crippen LogP contribution in [-0.4, -0.2) is 61.1 Å². The second kappa shape index (κ2) is 8.93. The van der Waals surface area contributed by atoms with Gasteiger partial charge in [0, 0.05) is 37.0 Å². The zero-order chi connectivity index (χ0) is 19.5. The predicted octanol–water partition coefficient (Wildman–Crippen LogP) is 4.32. The number of hydrogen-bond acceptors (Lipinski definition) is 4. The Kier molecular flexibility index (Phi) is 6.34. The number of ether oxygens (including phenoxy) is 1. The Hall–Kier alpha value is -1.43. The second-order valence-electron chi connectivity index (χ2n) is 8.42. The molecule has 1 saturated carbocycles. The lowest BCUT2D eigenvalue weighted by molar-refractivity contribution is -0.133. The van der Waals surface area contributed by atoms with E-state index in [0.29, 0.717) is 24.6 Å². The van der Waals surface area contributed by atoms with Crippen LogP contribution in [0.4, 0.5) is 0 Å². The van der Waals surface area contributed by atoms with E-state index in [0.717, 1.165) is 25.1 Å². The van der Waals surface area contributed by atoms with Gasteiger partial charge in [-0.05, 0) is 61.2 Å². The van der Waals surface area contributed by atoms with Gasteiger partial charge in [-0.1, -0.05) is 25.0 Å². The standard InChI is InChI=1S/C23H32N2O2S/c1-24(16-18-8-6-13-27-18)20-9-3-4-10-21(20)25(2)23(26)15-17-7-5-11-22-19(17)12-14-28-22/h5,7,11-12,14,18,20-21H,3-4,6,8-10,13,15-16H2,1-2H3. The van der Waals surface area contributed by atoms with Crippen LogP contribution in [0, 0.1) is 0 Å². The first-order valence-corrected chi connectivity index (χ1v) is 11.5. The Labute approximate surface area is 172 Å². The smallest absolute Gasteiger partial charge is 0.227 e. The lowest BCUT2D eigenvalue weighted by atomic mass is 9.88. The summed E-state index contributed by atoms with van der Waals surface area (Å²) in [6.45, 7) is 1.89. The van der Waals surface area contributed by atoms with Crippen molar-refractivity contribution in [2.45, 2.75) is 63.1 Å². The highest BCUT2D eigenvalue weighted by molar-refractivity contribution is 7.17. The van der Waals surface area contributed by atoms with Gasteiger partial charge >= 0.3 is 0 Å². The molecule has 0 bridgehead atoms. The van der Waals surface area contributed by atoms with Crippen LogP contribution in [0.5, 0.6) is 0 Å². The summed E-state index contributed by atoms with van der Waals surface area (Å²) >= 11 is 1.74. The van der Waals surface area contributed by atoms with Gasteiger partial charge in [0.15, 0.2) is 0 Å². The quantitative estimate of drug-likeness (QED) is 0.724. The van der Waals surface area contributed by atoms with Crippen molar-refractivity contribution < 1.29 is 9.53 Å². The minimum atomic E-state index is 0.237. The number of carbonyl (C=O) groups is 1. The number of thiophene rings is 1. The number of fused-ring (bicyclic) bond motifs is 1. The number of benzene rings is 1. The van der Waals surface area contributed by atoms with E-state index in [1.165, 1.54) is 42.2 Å². The van der Waals surface area contributed by atoms with Gasteiger partial charge in [-0.3, -0.25) is 9.69 Å². The number of carbonyl (C=O) groups excluding carboxylic acids is 1. The molecule has 1 amide bonds.